The van der Waals surface area contributed by atoms with Gasteiger partial charge in [-0.2, -0.15) is 0 Å². The first-order chi connectivity index (χ1) is 18.6. The molecule has 0 radical (unpaired) electrons. The van der Waals surface area contributed by atoms with Crippen molar-refractivity contribution in [3.8, 4) is 11.1 Å². The fourth-order valence-corrected chi connectivity index (χ4v) is 7.15. The van der Waals surface area contributed by atoms with E-state index in [1.807, 2.05) is 0 Å². The lowest BCUT2D eigenvalue weighted by molar-refractivity contribution is 0.322. The Bertz CT molecular complexity index is 1500. The Labute approximate surface area is 226 Å². The maximum Gasteiger partial charge on any atom is 0.178 e. The molecule has 0 spiro atoms. The topological polar surface area (TPSA) is 32.3 Å². The number of fused-ring (bicyclic) bond motifs is 6. The average Bonchev–Trinajstić information content (AvgIpc) is 3.28. The van der Waals surface area contributed by atoms with E-state index in [2.05, 4.69) is 103 Å². The van der Waals surface area contributed by atoms with E-state index < -0.39 is 0 Å². The molecule has 7 rings (SSSR count). The summed E-state index contributed by atoms with van der Waals surface area (Å²) in [4.78, 5) is 15.8. The van der Waals surface area contributed by atoms with Crippen molar-refractivity contribution in [1.29, 1.82) is 0 Å². The minimum absolute atomic E-state index is 0.107. The molecular weight excluding hydrogens is 464 g/mol. The van der Waals surface area contributed by atoms with Gasteiger partial charge in [0.15, 0.2) is 11.6 Å². The number of benzene rings is 3. The Morgan fingerprint density at radius 1 is 0.789 bits per heavy atom. The highest BCUT2D eigenvalue weighted by Gasteiger charge is 2.50. The first kappa shape index (κ1) is 23.5. The molecule has 4 nitrogen and oxygen atoms in total. The number of hydrogen-bond acceptors (Lipinski definition) is 4. The third kappa shape index (κ3) is 3.42. The minimum Gasteiger partial charge on any atom is -0.302 e. The Balaban J connectivity index is 1.49. The summed E-state index contributed by atoms with van der Waals surface area (Å²) in [6.45, 7) is 6.94. The highest BCUT2D eigenvalue weighted by Crippen LogP contribution is 2.57. The number of rotatable bonds is 4. The van der Waals surface area contributed by atoms with Crippen molar-refractivity contribution in [1.82, 2.24) is 9.97 Å². The Hall–Kier alpha value is -3.66. The Kier molecular flexibility index (Phi) is 5.54. The molecule has 192 valence electrons. The van der Waals surface area contributed by atoms with Crippen LogP contribution in [0.2, 0.25) is 0 Å². The van der Waals surface area contributed by atoms with E-state index >= 15 is 0 Å². The summed E-state index contributed by atoms with van der Waals surface area (Å²) in [6.07, 6.45) is 7.89. The molecule has 3 aromatic carbocycles. The second kappa shape index (κ2) is 8.97. The van der Waals surface area contributed by atoms with Crippen molar-refractivity contribution in [2.75, 3.05) is 9.80 Å². The van der Waals surface area contributed by atoms with E-state index in [9.17, 15) is 0 Å². The summed E-state index contributed by atoms with van der Waals surface area (Å²) in [5, 5.41) is 0. The molecule has 0 amide bonds. The quantitative estimate of drug-likeness (QED) is 0.282. The summed E-state index contributed by atoms with van der Waals surface area (Å²) in [6, 6.07) is 26.8. The van der Waals surface area contributed by atoms with Crippen LogP contribution in [0, 0.1) is 6.92 Å². The molecule has 1 aromatic heterocycles. The van der Waals surface area contributed by atoms with Crippen LogP contribution >= 0.6 is 0 Å². The van der Waals surface area contributed by atoms with Gasteiger partial charge in [0.05, 0.1) is 11.4 Å². The summed E-state index contributed by atoms with van der Waals surface area (Å²) in [5.74, 6) is 2.06. The van der Waals surface area contributed by atoms with Crippen LogP contribution in [-0.2, 0) is 18.3 Å². The van der Waals surface area contributed by atoms with Gasteiger partial charge in [0.1, 0.15) is 6.17 Å². The normalized spacial score (nSPS) is 19.0. The molecule has 3 aliphatic rings. The van der Waals surface area contributed by atoms with Crippen LogP contribution in [0.1, 0.15) is 68.5 Å². The standard InChI is InChI=1S/C34H36N4/c1-4-34(5-2)22-31-37(25-14-7-6-8-15-25)32-33(36-29-18-12-11-17-28(29)35-32)38(31)30-21-24(19-20-27(30)34)26-16-10-9-13-23(26)3/h6-10,13-16,19-21,31H,4-5,11-12,17-18,22H2,1-3H3. The second-order valence-corrected chi connectivity index (χ2v) is 11.3. The molecule has 0 fully saturated rings. The lowest BCUT2D eigenvalue weighted by Gasteiger charge is -2.47. The minimum atomic E-state index is 0.107. The molecule has 3 heterocycles. The molecule has 1 unspecified atom stereocenters. The number of anilines is 4. The zero-order valence-electron chi connectivity index (χ0n) is 22.7. The molecule has 4 aromatic rings. The summed E-state index contributed by atoms with van der Waals surface area (Å²) in [7, 11) is 0. The molecule has 4 heteroatoms. The van der Waals surface area contributed by atoms with E-state index in [0.717, 1.165) is 43.7 Å². The van der Waals surface area contributed by atoms with Crippen molar-refractivity contribution in [2.45, 2.75) is 77.3 Å². The average molecular weight is 501 g/mol. The predicted molar refractivity (Wildman–Crippen MR) is 157 cm³/mol. The lowest BCUT2D eigenvalue weighted by Crippen LogP contribution is -2.48. The van der Waals surface area contributed by atoms with E-state index in [-0.39, 0.29) is 11.6 Å². The number of aryl methyl sites for hydroxylation is 3. The van der Waals surface area contributed by atoms with Gasteiger partial charge in [-0.3, -0.25) is 0 Å². The van der Waals surface area contributed by atoms with Gasteiger partial charge in [-0.25, -0.2) is 9.97 Å². The highest BCUT2D eigenvalue weighted by molar-refractivity contribution is 5.88. The molecule has 0 bridgehead atoms. The zero-order chi connectivity index (χ0) is 25.9. The molecule has 0 N–H and O–H groups in total. The van der Waals surface area contributed by atoms with E-state index in [1.165, 1.54) is 57.9 Å². The maximum atomic E-state index is 5.39. The van der Waals surface area contributed by atoms with Crippen LogP contribution in [0.4, 0.5) is 23.0 Å². The molecule has 38 heavy (non-hydrogen) atoms. The van der Waals surface area contributed by atoms with Gasteiger partial charge in [0, 0.05) is 16.8 Å². The smallest absolute Gasteiger partial charge is 0.178 e. The van der Waals surface area contributed by atoms with Crippen LogP contribution in [-0.4, -0.2) is 16.1 Å². The molecule has 0 saturated heterocycles. The Morgan fingerprint density at radius 3 is 2.13 bits per heavy atom. The van der Waals surface area contributed by atoms with E-state index in [0.29, 0.717) is 0 Å². The van der Waals surface area contributed by atoms with Gasteiger partial charge in [0.2, 0.25) is 0 Å². The largest absolute Gasteiger partial charge is 0.302 e. The van der Waals surface area contributed by atoms with Crippen molar-refractivity contribution in [3.63, 3.8) is 0 Å². The van der Waals surface area contributed by atoms with Gasteiger partial charge in [0.25, 0.3) is 0 Å². The third-order valence-corrected chi connectivity index (χ3v) is 9.39. The monoisotopic (exact) mass is 500 g/mol. The second-order valence-electron chi connectivity index (χ2n) is 11.3. The first-order valence-electron chi connectivity index (χ1n) is 14.4. The Morgan fingerprint density at radius 2 is 1.45 bits per heavy atom. The number of hydrogen-bond donors (Lipinski definition) is 0. The fraction of sp³-hybridized carbons (Fsp3) is 0.353. The van der Waals surface area contributed by atoms with Crippen molar-refractivity contribution >= 4 is 23.0 Å². The molecule has 2 aliphatic heterocycles. The molecule has 0 saturated carbocycles. The van der Waals surface area contributed by atoms with Gasteiger partial charge in [-0.1, -0.05) is 68.4 Å². The molecular formula is C34H36N4. The van der Waals surface area contributed by atoms with Crippen molar-refractivity contribution in [2.24, 2.45) is 0 Å². The van der Waals surface area contributed by atoms with Gasteiger partial charge >= 0.3 is 0 Å². The van der Waals surface area contributed by atoms with Crippen LogP contribution in [0.15, 0.2) is 72.8 Å². The summed E-state index contributed by atoms with van der Waals surface area (Å²) in [5.41, 5.74) is 10.3. The summed E-state index contributed by atoms with van der Waals surface area (Å²) < 4.78 is 0. The number of para-hydroxylation sites is 1. The van der Waals surface area contributed by atoms with Crippen LogP contribution in [0.25, 0.3) is 11.1 Å². The molecule has 1 atom stereocenters. The number of nitrogens with zero attached hydrogens (tertiary/aromatic N) is 4. The first-order valence-corrected chi connectivity index (χ1v) is 14.4. The van der Waals surface area contributed by atoms with Crippen LogP contribution in [0.3, 0.4) is 0 Å². The van der Waals surface area contributed by atoms with Gasteiger partial charge < -0.3 is 9.80 Å². The predicted octanol–water partition coefficient (Wildman–Crippen LogP) is 8.41. The number of aromatic nitrogens is 2. The summed E-state index contributed by atoms with van der Waals surface area (Å²) >= 11 is 0. The maximum absolute atomic E-state index is 5.39. The van der Waals surface area contributed by atoms with Crippen LogP contribution < -0.4 is 9.80 Å². The third-order valence-electron chi connectivity index (χ3n) is 9.39. The van der Waals surface area contributed by atoms with E-state index in [4.69, 9.17) is 9.97 Å². The SMILES string of the molecule is CCC1(CC)CC2N(c3ccccc3)c3nc4c(nc3N2c2cc(-c3ccccc3C)ccc21)CCCC4. The molecule has 1 aliphatic carbocycles. The van der Waals surface area contributed by atoms with Crippen molar-refractivity contribution < 1.29 is 0 Å². The lowest BCUT2D eigenvalue weighted by atomic mass is 9.69. The fourth-order valence-electron chi connectivity index (χ4n) is 7.15. The van der Waals surface area contributed by atoms with Gasteiger partial charge in [-0.05, 0) is 92.3 Å². The zero-order valence-corrected chi connectivity index (χ0v) is 22.7. The highest BCUT2D eigenvalue weighted by atomic mass is 15.5. The van der Waals surface area contributed by atoms with Gasteiger partial charge in [-0.15, -0.1) is 0 Å². The van der Waals surface area contributed by atoms with E-state index in [1.54, 1.807) is 0 Å². The van der Waals surface area contributed by atoms with Crippen LogP contribution in [0.5, 0.6) is 0 Å². The van der Waals surface area contributed by atoms with Crippen molar-refractivity contribution in [3.05, 3.63) is 95.3 Å².